The third-order valence-corrected chi connectivity index (χ3v) is 3.42. The topological polar surface area (TPSA) is 52.0 Å². The molecule has 2 aromatic carbocycles. The van der Waals surface area contributed by atoms with Gasteiger partial charge in [-0.15, -0.1) is 0 Å². The molecule has 2 unspecified atom stereocenters. The summed E-state index contributed by atoms with van der Waals surface area (Å²) < 4.78 is 27.8. The maximum atomic E-state index is 13.9. The molecule has 0 heterocycles. The van der Waals surface area contributed by atoms with E-state index >= 15 is 0 Å². The first kappa shape index (κ1) is 14.6. The van der Waals surface area contributed by atoms with Crippen LogP contribution in [-0.2, 0) is 0 Å². The van der Waals surface area contributed by atoms with Crippen LogP contribution in [0.4, 0.5) is 8.78 Å². The van der Waals surface area contributed by atoms with Gasteiger partial charge in [0.2, 0.25) is 0 Å². The van der Waals surface area contributed by atoms with Crippen LogP contribution in [0.1, 0.15) is 34.3 Å². The van der Waals surface area contributed by atoms with Gasteiger partial charge in [-0.3, -0.25) is 0 Å². The SMILES string of the molecule is Cc1ccc(C(N)C(N)c2ccc(C)cc2F)c(F)c1. The van der Waals surface area contributed by atoms with Gasteiger partial charge in [-0.1, -0.05) is 24.3 Å². The Morgan fingerprint density at radius 3 is 1.40 bits per heavy atom. The molecule has 0 bridgehead atoms. The van der Waals surface area contributed by atoms with Gasteiger partial charge < -0.3 is 11.5 Å². The zero-order chi connectivity index (χ0) is 14.9. The molecule has 0 radical (unpaired) electrons. The summed E-state index contributed by atoms with van der Waals surface area (Å²) in [4.78, 5) is 0. The molecule has 4 N–H and O–H groups in total. The van der Waals surface area contributed by atoms with Crippen LogP contribution in [0.25, 0.3) is 0 Å². The lowest BCUT2D eigenvalue weighted by atomic mass is 9.93. The maximum absolute atomic E-state index is 13.9. The first-order valence-corrected chi connectivity index (χ1v) is 6.43. The average Bonchev–Trinajstić information content (AvgIpc) is 2.37. The van der Waals surface area contributed by atoms with Crippen LogP contribution in [-0.4, -0.2) is 0 Å². The Hall–Kier alpha value is -1.78. The zero-order valence-corrected chi connectivity index (χ0v) is 11.5. The van der Waals surface area contributed by atoms with Gasteiger partial charge in [-0.25, -0.2) is 8.78 Å². The Labute approximate surface area is 117 Å². The van der Waals surface area contributed by atoms with Gasteiger partial charge in [0.25, 0.3) is 0 Å². The minimum Gasteiger partial charge on any atom is -0.322 e. The average molecular weight is 276 g/mol. The summed E-state index contributed by atoms with van der Waals surface area (Å²) in [6.45, 7) is 3.58. The van der Waals surface area contributed by atoms with E-state index in [1.165, 1.54) is 12.1 Å². The lowest BCUT2D eigenvalue weighted by Crippen LogP contribution is -2.28. The molecule has 2 atom stereocenters. The first-order valence-electron chi connectivity index (χ1n) is 6.43. The van der Waals surface area contributed by atoms with Crippen molar-refractivity contribution in [3.8, 4) is 0 Å². The van der Waals surface area contributed by atoms with E-state index in [2.05, 4.69) is 0 Å². The Kier molecular flexibility index (Phi) is 4.16. The molecule has 0 aromatic heterocycles. The number of rotatable bonds is 3. The van der Waals surface area contributed by atoms with Gasteiger partial charge in [-0.05, 0) is 37.1 Å². The maximum Gasteiger partial charge on any atom is 0.128 e. The first-order chi connectivity index (χ1) is 9.40. The molecule has 0 aliphatic heterocycles. The molecule has 0 aliphatic rings. The van der Waals surface area contributed by atoms with Crippen molar-refractivity contribution in [2.75, 3.05) is 0 Å². The van der Waals surface area contributed by atoms with Crippen molar-refractivity contribution in [1.29, 1.82) is 0 Å². The van der Waals surface area contributed by atoms with Crippen molar-refractivity contribution < 1.29 is 8.78 Å². The highest BCUT2D eigenvalue weighted by Crippen LogP contribution is 2.28. The normalized spacial score (nSPS) is 14.1. The van der Waals surface area contributed by atoms with Crippen LogP contribution in [0.3, 0.4) is 0 Å². The Balaban J connectivity index is 2.34. The van der Waals surface area contributed by atoms with Gasteiger partial charge in [0.15, 0.2) is 0 Å². The molecule has 0 saturated carbocycles. The Morgan fingerprint density at radius 2 is 1.10 bits per heavy atom. The van der Waals surface area contributed by atoms with E-state index in [1.807, 2.05) is 0 Å². The molecule has 2 rings (SSSR count). The highest BCUT2D eigenvalue weighted by molar-refractivity contribution is 5.32. The molecule has 0 spiro atoms. The fourth-order valence-corrected chi connectivity index (χ4v) is 2.19. The highest BCUT2D eigenvalue weighted by atomic mass is 19.1. The van der Waals surface area contributed by atoms with Crippen LogP contribution in [0.2, 0.25) is 0 Å². The molecule has 20 heavy (non-hydrogen) atoms. The Morgan fingerprint density at radius 1 is 0.750 bits per heavy atom. The van der Waals surface area contributed by atoms with Crippen molar-refractivity contribution in [3.05, 3.63) is 70.3 Å². The summed E-state index contributed by atoms with van der Waals surface area (Å²) in [5.74, 6) is -0.832. The van der Waals surface area contributed by atoms with Crippen molar-refractivity contribution >= 4 is 0 Å². The minimum atomic E-state index is -0.798. The molecule has 2 aromatic rings. The predicted molar refractivity (Wildman–Crippen MR) is 76.1 cm³/mol. The fraction of sp³-hybridized carbons (Fsp3) is 0.250. The van der Waals surface area contributed by atoms with E-state index in [1.54, 1.807) is 38.1 Å². The summed E-state index contributed by atoms with van der Waals surface area (Å²) >= 11 is 0. The standard InChI is InChI=1S/C16H18F2N2/c1-9-3-5-11(13(17)7-9)15(19)16(20)12-6-4-10(2)8-14(12)18/h3-8,15-16H,19-20H2,1-2H3. The highest BCUT2D eigenvalue weighted by Gasteiger charge is 2.22. The quantitative estimate of drug-likeness (QED) is 0.904. The van der Waals surface area contributed by atoms with Crippen LogP contribution in [0.5, 0.6) is 0 Å². The van der Waals surface area contributed by atoms with E-state index in [9.17, 15) is 8.78 Å². The van der Waals surface area contributed by atoms with Gasteiger partial charge in [-0.2, -0.15) is 0 Å². The molecule has 0 amide bonds. The summed E-state index contributed by atoms with van der Waals surface area (Å²) in [6.07, 6.45) is 0. The van der Waals surface area contributed by atoms with Crippen molar-refractivity contribution in [1.82, 2.24) is 0 Å². The number of halogens is 2. The lowest BCUT2D eigenvalue weighted by molar-refractivity contribution is 0.502. The lowest BCUT2D eigenvalue weighted by Gasteiger charge is -2.22. The summed E-state index contributed by atoms with van der Waals surface area (Å²) in [6, 6.07) is 7.91. The Bertz CT molecular complexity index is 570. The van der Waals surface area contributed by atoms with Crippen LogP contribution >= 0.6 is 0 Å². The number of hydrogen-bond donors (Lipinski definition) is 2. The largest absolute Gasteiger partial charge is 0.322 e. The van der Waals surface area contributed by atoms with E-state index in [0.29, 0.717) is 11.1 Å². The third kappa shape index (κ3) is 2.86. The fourth-order valence-electron chi connectivity index (χ4n) is 2.19. The summed E-state index contributed by atoms with van der Waals surface area (Å²) in [7, 11) is 0. The van der Waals surface area contributed by atoms with E-state index < -0.39 is 23.7 Å². The molecule has 0 aliphatic carbocycles. The van der Waals surface area contributed by atoms with Gasteiger partial charge >= 0.3 is 0 Å². The van der Waals surface area contributed by atoms with Crippen LogP contribution in [0, 0.1) is 25.5 Å². The molecule has 106 valence electrons. The van der Waals surface area contributed by atoms with E-state index in [0.717, 1.165) is 11.1 Å². The van der Waals surface area contributed by atoms with Gasteiger partial charge in [0, 0.05) is 11.1 Å². The molecule has 0 saturated heterocycles. The smallest absolute Gasteiger partial charge is 0.128 e. The zero-order valence-electron chi connectivity index (χ0n) is 11.5. The predicted octanol–water partition coefficient (Wildman–Crippen LogP) is 3.28. The molecule has 4 heteroatoms. The monoisotopic (exact) mass is 276 g/mol. The van der Waals surface area contributed by atoms with Crippen molar-refractivity contribution in [2.45, 2.75) is 25.9 Å². The second kappa shape index (κ2) is 5.69. The molecule has 0 fully saturated rings. The van der Waals surface area contributed by atoms with Crippen LogP contribution in [0.15, 0.2) is 36.4 Å². The second-order valence-corrected chi connectivity index (χ2v) is 5.10. The number of nitrogens with two attached hydrogens (primary N) is 2. The van der Waals surface area contributed by atoms with E-state index in [-0.39, 0.29) is 0 Å². The van der Waals surface area contributed by atoms with E-state index in [4.69, 9.17) is 11.5 Å². The molecular formula is C16H18F2N2. The number of aryl methyl sites for hydroxylation is 2. The van der Waals surface area contributed by atoms with Gasteiger partial charge in [0.05, 0.1) is 12.1 Å². The van der Waals surface area contributed by atoms with Gasteiger partial charge in [0.1, 0.15) is 11.6 Å². The summed E-state index contributed by atoms with van der Waals surface area (Å²) in [5, 5.41) is 0. The van der Waals surface area contributed by atoms with Crippen LogP contribution < -0.4 is 11.5 Å². The molecular weight excluding hydrogens is 258 g/mol. The third-order valence-electron chi connectivity index (χ3n) is 3.42. The summed E-state index contributed by atoms with van der Waals surface area (Å²) in [5.41, 5.74) is 14.2. The molecule has 2 nitrogen and oxygen atoms in total. The number of benzene rings is 2. The van der Waals surface area contributed by atoms with Crippen molar-refractivity contribution in [2.24, 2.45) is 11.5 Å². The minimum absolute atomic E-state index is 0.295. The van der Waals surface area contributed by atoms with Crippen molar-refractivity contribution in [3.63, 3.8) is 0 Å². The second-order valence-electron chi connectivity index (χ2n) is 5.10. The number of hydrogen-bond acceptors (Lipinski definition) is 2.